The number of benzene rings is 1. The molecule has 1 aromatic carbocycles. The van der Waals surface area contributed by atoms with E-state index in [4.69, 9.17) is 4.74 Å². The minimum absolute atomic E-state index is 0.300. The Morgan fingerprint density at radius 1 is 1.47 bits per heavy atom. The van der Waals surface area contributed by atoms with Gasteiger partial charge in [-0.1, -0.05) is 23.8 Å². The first kappa shape index (κ1) is 13.7. The molecule has 0 aromatic heterocycles. The molecule has 0 aliphatic heterocycles. The van der Waals surface area contributed by atoms with Gasteiger partial charge in [-0.05, 0) is 25.5 Å². The van der Waals surface area contributed by atoms with Crippen LogP contribution in [0.25, 0.3) is 0 Å². The molecule has 0 aliphatic carbocycles. The fourth-order valence-electron chi connectivity index (χ4n) is 1.56. The zero-order valence-electron chi connectivity index (χ0n) is 10.6. The first-order valence-corrected chi connectivity index (χ1v) is 5.83. The summed E-state index contributed by atoms with van der Waals surface area (Å²) in [7, 11) is 0. The lowest BCUT2D eigenvalue weighted by atomic mass is 10.1. The lowest BCUT2D eigenvalue weighted by molar-refractivity contribution is 0.107. The minimum Gasteiger partial charge on any atom is -0.491 e. The summed E-state index contributed by atoms with van der Waals surface area (Å²) in [5.74, 6) is 0.832. The quantitative estimate of drug-likeness (QED) is 0.559. The van der Waals surface area contributed by atoms with Gasteiger partial charge in [-0.25, -0.2) is 0 Å². The van der Waals surface area contributed by atoms with Crippen molar-refractivity contribution in [3.63, 3.8) is 0 Å². The van der Waals surface area contributed by atoms with Gasteiger partial charge in [0.15, 0.2) is 0 Å². The van der Waals surface area contributed by atoms with Crippen LogP contribution in [0.2, 0.25) is 0 Å². The van der Waals surface area contributed by atoms with E-state index in [1.807, 2.05) is 26.0 Å². The Bertz CT molecular complexity index is 363. The molecule has 0 heterocycles. The summed E-state index contributed by atoms with van der Waals surface area (Å²) in [6.07, 6.45) is 1.26. The van der Waals surface area contributed by atoms with Crippen LogP contribution in [0.4, 0.5) is 0 Å². The van der Waals surface area contributed by atoms with Crippen molar-refractivity contribution in [2.75, 3.05) is 19.7 Å². The molecule has 94 valence electrons. The molecule has 0 spiro atoms. The van der Waals surface area contributed by atoms with E-state index in [-0.39, 0.29) is 0 Å². The van der Waals surface area contributed by atoms with Crippen LogP contribution < -0.4 is 10.1 Å². The van der Waals surface area contributed by atoms with Crippen LogP contribution in [-0.4, -0.2) is 30.9 Å². The van der Waals surface area contributed by atoms with Crippen LogP contribution in [0.5, 0.6) is 5.75 Å². The summed E-state index contributed by atoms with van der Waals surface area (Å²) in [5.41, 5.74) is 2.30. The van der Waals surface area contributed by atoms with Crippen molar-refractivity contribution in [3.05, 3.63) is 42.0 Å². The van der Waals surface area contributed by atoms with Gasteiger partial charge in [0.1, 0.15) is 18.5 Å². The highest BCUT2D eigenvalue weighted by atomic mass is 16.5. The highest BCUT2D eigenvalue weighted by molar-refractivity contribution is 5.35. The molecule has 2 N–H and O–H groups in total. The number of aryl methyl sites for hydroxylation is 2. The molecular weight excluding hydrogens is 214 g/mol. The van der Waals surface area contributed by atoms with Gasteiger partial charge in [-0.15, -0.1) is 6.58 Å². The molecule has 3 heteroatoms. The van der Waals surface area contributed by atoms with Crippen molar-refractivity contribution in [1.82, 2.24) is 5.32 Å². The Morgan fingerprint density at radius 2 is 2.24 bits per heavy atom. The number of hydrogen-bond acceptors (Lipinski definition) is 3. The Kier molecular flexibility index (Phi) is 5.73. The molecule has 3 nitrogen and oxygen atoms in total. The van der Waals surface area contributed by atoms with Gasteiger partial charge in [0.05, 0.1) is 0 Å². The summed E-state index contributed by atoms with van der Waals surface area (Å²) in [5, 5.41) is 12.7. The molecule has 0 amide bonds. The van der Waals surface area contributed by atoms with Gasteiger partial charge in [-0.2, -0.15) is 0 Å². The van der Waals surface area contributed by atoms with Crippen LogP contribution in [0.3, 0.4) is 0 Å². The molecule has 0 saturated heterocycles. The molecule has 17 heavy (non-hydrogen) atoms. The third-order valence-electron chi connectivity index (χ3n) is 2.43. The number of rotatable bonds is 7. The summed E-state index contributed by atoms with van der Waals surface area (Å²) < 4.78 is 5.57. The molecule has 0 aliphatic rings. The van der Waals surface area contributed by atoms with Crippen LogP contribution in [0, 0.1) is 13.8 Å². The Hall–Kier alpha value is -1.32. The smallest absolute Gasteiger partial charge is 0.122 e. The largest absolute Gasteiger partial charge is 0.491 e. The molecule has 1 aromatic rings. The maximum Gasteiger partial charge on any atom is 0.122 e. The minimum atomic E-state index is -0.504. The van der Waals surface area contributed by atoms with Crippen LogP contribution in [-0.2, 0) is 0 Å². The highest BCUT2D eigenvalue weighted by Crippen LogP contribution is 2.18. The molecule has 1 atom stereocenters. The molecule has 1 unspecified atom stereocenters. The predicted molar refractivity (Wildman–Crippen MR) is 70.5 cm³/mol. The first-order chi connectivity index (χ1) is 8.13. The normalized spacial score (nSPS) is 12.2. The first-order valence-electron chi connectivity index (χ1n) is 5.83. The average molecular weight is 235 g/mol. The molecule has 0 radical (unpaired) electrons. The van der Waals surface area contributed by atoms with Gasteiger partial charge in [0.25, 0.3) is 0 Å². The van der Waals surface area contributed by atoms with Gasteiger partial charge >= 0.3 is 0 Å². The maximum atomic E-state index is 9.66. The van der Waals surface area contributed by atoms with Crippen LogP contribution in [0.1, 0.15) is 11.1 Å². The van der Waals surface area contributed by atoms with E-state index in [9.17, 15) is 5.11 Å². The van der Waals surface area contributed by atoms with E-state index in [1.54, 1.807) is 6.08 Å². The van der Waals surface area contributed by atoms with Crippen molar-refractivity contribution in [3.8, 4) is 5.75 Å². The third-order valence-corrected chi connectivity index (χ3v) is 2.43. The van der Waals surface area contributed by atoms with Crippen molar-refractivity contribution in [2.45, 2.75) is 20.0 Å². The Morgan fingerprint density at radius 3 is 2.88 bits per heavy atom. The van der Waals surface area contributed by atoms with E-state index in [1.165, 1.54) is 5.56 Å². The van der Waals surface area contributed by atoms with E-state index < -0.39 is 6.10 Å². The second-order valence-electron chi connectivity index (χ2n) is 4.18. The molecular formula is C14H21NO2. The highest BCUT2D eigenvalue weighted by Gasteiger charge is 2.05. The number of hydrogen-bond donors (Lipinski definition) is 2. The zero-order chi connectivity index (χ0) is 12.7. The number of aliphatic hydroxyl groups excluding tert-OH is 1. The van der Waals surface area contributed by atoms with Crippen molar-refractivity contribution < 1.29 is 9.84 Å². The molecule has 0 saturated carbocycles. The summed E-state index contributed by atoms with van der Waals surface area (Å²) in [6.45, 7) is 9.15. The average Bonchev–Trinajstić information content (AvgIpc) is 2.28. The Labute approximate surface area is 103 Å². The number of nitrogens with one attached hydrogen (secondary N) is 1. The monoisotopic (exact) mass is 235 g/mol. The van der Waals surface area contributed by atoms with E-state index in [0.717, 1.165) is 11.3 Å². The van der Waals surface area contributed by atoms with Crippen molar-refractivity contribution >= 4 is 0 Å². The van der Waals surface area contributed by atoms with E-state index >= 15 is 0 Å². The lowest BCUT2D eigenvalue weighted by Gasteiger charge is -2.14. The lowest BCUT2D eigenvalue weighted by Crippen LogP contribution is -2.31. The fourth-order valence-corrected chi connectivity index (χ4v) is 1.56. The van der Waals surface area contributed by atoms with Crippen molar-refractivity contribution in [2.24, 2.45) is 0 Å². The van der Waals surface area contributed by atoms with Crippen LogP contribution >= 0.6 is 0 Å². The zero-order valence-corrected chi connectivity index (χ0v) is 10.6. The van der Waals surface area contributed by atoms with E-state index in [2.05, 4.69) is 18.0 Å². The van der Waals surface area contributed by atoms with Crippen molar-refractivity contribution in [1.29, 1.82) is 0 Å². The molecule has 1 rings (SSSR count). The third kappa shape index (κ3) is 5.02. The number of ether oxygens (including phenoxy) is 1. The van der Waals surface area contributed by atoms with Gasteiger partial charge in [0.2, 0.25) is 0 Å². The van der Waals surface area contributed by atoms with Gasteiger partial charge in [0, 0.05) is 13.1 Å². The Balaban J connectivity index is 2.36. The topological polar surface area (TPSA) is 41.5 Å². The van der Waals surface area contributed by atoms with Gasteiger partial charge < -0.3 is 15.2 Å². The second-order valence-corrected chi connectivity index (χ2v) is 4.18. The van der Waals surface area contributed by atoms with E-state index in [0.29, 0.717) is 19.7 Å². The summed E-state index contributed by atoms with van der Waals surface area (Å²) in [6, 6.07) is 6.01. The van der Waals surface area contributed by atoms with Gasteiger partial charge in [-0.3, -0.25) is 0 Å². The molecule has 0 bridgehead atoms. The van der Waals surface area contributed by atoms with Crippen LogP contribution in [0.15, 0.2) is 30.9 Å². The number of aliphatic hydroxyl groups is 1. The fraction of sp³-hybridized carbons (Fsp3) is 0.429. The SMILES string of the molecule is C=CCNCC(O)COc1ccc(C)cc1C. The predicted octanol–water partition coefficient (Wildman–Crippen LogP) is 1.82. The maximum absolute atomic E-state index is 9.66. The molecule has 0 fully saturated rings. The standard InChI is InChI=1S/C14H21NO2/c1-4-7-15-9-13(16)10-17-14-6-5-11(2)8-12(14)3/h4-6,8,13,15-16H,1,7,9-10H2,2-3H3. The summed E-state index contributed by atoms with van der Waals surface area (Å²) in [4.78, 5) is 0. The summed E-state index contributed by atoms with van der Waals surface area (Å²) >= 11 is 0. The second kappa shape index (κ2) is 7.09.